The van der Waals surface area contributed by atoms with Crippen LogP contribution in [0.2, 0.25) is 10.0 Å². The van der Waals surface area contributed by atoms with Crippen LogP contribution in [0.4, 0.5) is 4.39 Å². The van der Waals surface area contributed by atoms with E-state index in [-0.39, 0.29) is 40.2 Å². The first-order valence-electron chi connectivity index (χ1n) is 18.9. The lowest BCUT2D eigenvalue weighted by atomic mass is 9.68. The predicted octanol–water partition coefficient (Wildman–Crippen LogP) is 8.48. The molecule has 6 fully saturated rings. The number of aromatic amines is 1. The number of amides is 1. The van der Waals surface area contributed by atoms with Crippen LogP contribution in [-0.4, -0.2) is 39.9 Å². The number of hydrogen-bond acceptors (Lipinski definition) is 7. The molecule has 280 valence electrons. The molecule has 12 heteroatoms. The van der Waals surface area contributed by atoms with Crippen molar-refractivity contribution in [1.82, 2.24) is 25.6 Å². The molecule has 3 aliphatic carbocycles. The van der Waals surface area contributed by atoms with Gasteiger partial charge in [-0.15, -0.1) is 0 Å². The molecule has 4 aromatic rings. The molecule has 0 radical (unpaired) electrons. The second-order valence-electron chi connectivity index (χ2n) is 15.7. The average molecular weight is 760 g/mol. The summed E-state index contributed by atoms with van der Waals surface area (Å²) in [6.07, 6.45) is 12.7. The maximum Gasteiger partial charge on any atom is 0.226 e. The van der Waals surface area contributed by atoms with Gasteiger partial charge in [0.05, 0.1) is 27.7 Å². The molecule has 1 amide bonds. The van der Waals surface area contributed by atoms with Crippen LogP contribution in [0.3, 0.4) is 0 Å². The summed E-state index contributed by atoms with van der Waals surface area (Å²) in [5.41, 5.74) is 13.5. The highest BCUT2D eigenvalue weighted by atomic mass is 35.5. The molecule has 53 heavy (non-hydrogen) atoms. The zero-order valence-electron chi connectivity index (χ0n) is 30.5. The number of benzene rings is 2. The summed E-state index contributed by atoms with van der Waals surface area (Å²) in [7, 11) is 0. The molecule has 2 aromatic heterocycles. The van der Waals surface area contributed by atoms with Gasteiger partial charge in [-0.3, -0.25) is 10.6 Å². The number of rotatable bonds is 7. The molecule has 1 atom stereocenters. The van der Waals surface area contributed by atoms with E-state index in [0.717, 1.165) is 66.5 Å². The van der Waals surface area contributed by atoms with Gasteiger partial charge in [-0.25, -0.2) is 9.37 Å². The number of carbonyl (C=O) groups is 1. The Morgan fingerprint density at radius 3 is 2.57 bits per heavy atom. The molecule has 10 rings (SSSR count). The number of fused-ring (bicyclic) bond motifs is 4. The van der Waals surface area contributed by atoms with Crippen LogP contribution >= 0.6 is 23.2 Å². The molecule has 3 saturated heterocycles. The van der Waals surface area contributed by atoms with Crippen LogP contribution in [0.1, 0.15) is 94.1 Å². The lowest BCUT2D eigenvalue weighted by Gasteiger charge is -2.38. The van der Waals surface area contributed by atoms with E-state index < -0.39 is 5.82 Å². The van der Waals surface area contributed by atoms with Gasteiger partial charge in [0.1, 0.15) is 5.52 Å². The number of likely N-dealkylation sites (tertiary alicyclic amines) is 1. The zero-order chi connectivity index (χ0) is 37.4. The number of carbonyl (C=O) groups excluding carboxylic acids is 1. The lowest BCUT2D eigenvalue weighted by Crippen LogP contribution is -2.33. The van der Waals surface area contributed by atoms with Gasteiger partial charge in [-0.2, -0.15) is 5.26 Å². The second-order valence-corrected chi connectivity index (χ2v) is 16.5. The molecule has 9 nitrogen and oxygen atoms in total. The van der Waals surface area contributed by atoms with Gasteiger partial charge in [0.25, 0.3) is 0 Å². The van der Waals surface area contributed by atoms with E-state index in [9.17, 15) is 10.1 Å². The Morgan fingerprint density at radius 1 is 1.19 bits per heavy atom. The Labute approximate surface area is 320 Å². The van der Waals surface area contributed by atoms with Crippen molar-refractivity contribution in [2.24, 2.45) is 28.8 Å². The van der Waals surface area contributed by atoms with E-state index in [1.165, 1.54) is 38.6 Å². The number of hydrogen-bond donors (Lipinski definition) is 5. The Morgan fingerprint density at radius 2 is 1.96 bits per heavy atom. The standard InChI is InChI=1S/C29H25Cl2FN4O.C7H15N3.C5H9N/c1-15-19-14-22(23-8-4-12-36(23)29(37)16-9-10-16)35-27(19)20-13-17(5-3-11-33)24(26(32)28(20)34-15)18-6-2-7-21(30)25(18)31;1-7(3-2-4-7)6(8)5-10-9;1-4-2-5(1)6-3-4/h2,6-7,13-14,16,23,35H,3-5,8-10,12H2,1H3;5,10H,2-4,8-9H2,1H3;4-6H,1-3H2/b;6-5-;. The van der Waals surface area contributed by atoms with Crippen LogP contribution in [0, 0.1) is 41.3 Å². The Bertz CT molecular complexity index is 2080. The van der Waals surface area contributed by atoms with Crippen molar-refractivity contribution in [3.05, 3.63) is 75.0 Å². The highest BCUT2D eigenvalue weighted by Crippen LogP contribution is 2.45. The first-order chi connectivity index (χ1) is 25.5. The lowest BCUT2D eigenvalue weighted by molar-refractivity contribution is -0.133. The number of aromatic nitrogens is 2. The summed E-state index contributed by atoms with van der Waals surface area (Å²) >= 11 is 12.8. The number of hydrazine groups is 1. The van der Waals surface area contributed by atoms with E-state index in [1.807, 2.05) is 17.9 Å². The number of allylic oxidation sites excluding steroid dienone is 1. The number of nitrogens with zero attached hydrogens (tertiary/aromatic N) is 3. The molecular weight excluding hydrogens is 710 g/mol. The Hall–Kier alpha value is -3.88. The van der Waals surface area contributed by atoms with E-state index in [1.54, 1.807) is 24.4 Å². The molecular formula is C41H49Cl2FN8O. The van der Waals surface area contributed by atoms with Crippen LogP contribution in [0.5, 0.6) is 0 Å². The fourth-order valence-electron chi connectivity index (χ4n) is 8.33. The van der Waals surface area contributed by atoms with Gasteiger partial charge in [0.15, 0.2) is 5.82 Å². The average Bonchev–Trinajstić information content (AvgIpc) is 3.52. The van der Waals surface area contributed by atoms with Gasteiger partial charge >= 0.3 is 0 Å². The topological polar surface area (TPSA) is 149 Å². The van der Waals surface area contributed by atoms with Crippen molar-refractivity contribution >= 4 is 50.9 Å². The number of aryl methyl sites for hydroxylation is 2. The van der Waals surface area contributed by atoms with E-state index >= 15 is 4.39 Å². The Kier molecular flexibility index (Phi) is 10.9. The quantitative estimate of drug-likeness (QED) is 0.0938. The third-order valence-electron chi connectivity index (χ3n) is 12.0. The minimum Gasteiger partial charge on any atom is -0.400 e. The number of nitrogens with one attached hydrogen (secondary N) is 3. The smallest absolute Gasteiger partial charge is 0.226 e. The van der Waals surface area contributed by atoms with E-state index in [2.05, 4.69) is 39.8 Å². The van der Waals surface area contributed by atoms with Crippen molar-refractivity contribution in [2.45, 2.75) is 96.6 Å². The van der Waals surface area contributed by atoms with Gasteiger partial charge < -0.3 is 26.4 Å². The molecule has 1 unspecified atom stereocenters. The zero-order valence-corrected chi connectivity index (χ0v) is 32.0. The molecule has 7 N–H and O–H groups in total. The van der Waals surface area contributed by atoms with E-state index in [0.29, 0.717) is 39.2 Å². The first-order valence-corrected chi connectivity index (χ1v) is 19.7. The maximum absolute atomic E-state index is 16.3. The number of pyridine rings is 1. The summed E-state index contributed by atoms with van der Waals surface area (Å²) in [6.45, 7) is 6.12. The highest BCUT2D eigenvalue weighted by molar-refractivity contribution is 6.43. The minimum atomic E-state index is -0.484. The Balaban J connectivity index is 0.000000222. The predicted molar refractivity (Wildman–Crippen MR) is 210 cm³/mol. The third-order valence-corrected chi connectivity index (χ3v) is 12.8. The summed E-state index contributed by atoms with van der Waals surface area (Å²) < 4.78 is 16.3. The molecule has 6 aliphatic rings. The van der Waals surface area contributed by atoms with Gasteiger partial charge in [0.2, 0.25) is 5.91 Å². The summed E-state index contributed by atoms with van der Waals surface area (Å²) in [4.78, 5) is 23.1. The van der Waals surface area contributed by atoms with Gasteiger partial charge in [0, 0.05) is 75.5 Å². The number of H-pyrrole nitrogens is 1. The van der Waals surface area contributed by atoms with Crippen molar-refractivity contribution < 1.29 is 9.18 Å². The van der Waals surface area contributed by atoms with Crippen LogP contribution < -0.4 is 22.3 Å². The monoisotopic (exact) mass is 758 g/mol. The van der Waals surface area contributed by atoms with Crippen molar-refractivity contribution in [3.8, 4) is 17.2 Å². The molecule has 0 spiro atoms. The van der Waals surface area contributed by atoms with Crippen molar-refractivity contribution in [1.29, 1.82) is 5.26 Å². The summed E-state index contributed by atoms with van der Waals surface area (Å²) in [5, 5.41) is 14.8. The number of halogens is 3. The van der Waals surface area contributed by atoms with Crippen LogP contribution in [0.15, 0.2) is 42.2 Å². The van der Waals surface area contributed by atoms with E-state index in [4.69, 9.17) is 34.8 Å². The van der Waals surface area contributed by atoms with Crippen LogP contribution in [0.25, 0.3) is 32.9 Å². The SMILES string of the molecule is C1NC2CC1C2.CC1(/C(N)=C/NN)CCC1.Cc1nc2c(F)c(-c3cccc(Cl)c3Cl)c(CCC#N)cc2c2[nH]c(C3CCCN3C(=O)C3CC3)cc12. The fraction of sp³-hybridized carbons (Fsp3) is 0.488. The van der Waals surface area contributed by atoms with Crippen molar-refractivity contribution in [3.63, 3.8) is 0 Å². The number of nitriles is 1. The molecule has 3 saturated carbocycles. The van der Waals surface area contributed by atoms with Crippen molar-refractivity contribution in [2.75, 3.05) is 13.1 Å². The highest BCUT2D eigenvalue weighted by Gasteiger charge is 2.39. The molecule has 5 heterocycles. The third kappa shape index (κ3) is 7.46. The largest absolute Gasteiger partial charge is 0.400 e. The number of nitrogens with two attached hydrogens (primary N) is 2. The molecule has 3 aliphatic heterocycles. The van der Waals surface area contributed by atoms with Gasteiger partial charge in [-0.1, -0.05) is 48.7 Å². The summed E-state index contributed by atoms with van der Waals surface area (Å²) in [5.74, 6) is 6.11. The molecule has 2 bridgehead atoms. The van der Waals surface area contributed by atoms with Gasteiger partial charge in [-0.05, 0) is 101 Å². The molecule has 2 aromatic carbocycles. The fourth-order valence-corrected chi connectivity index (χ4v) is 8.72. The first kappa shape index (κ1) is 37.4. The normalized spacial score (nSPS) is 22.6. The summed E-state index contributed by atoms with van der Waals surface area (Å²) in [6, 6.07) is 12.2. The second kappa shape index (κ2) is 15.5. The maximum atomic E-state index is 16.3. The van der Waals surface area contributed by atoms with Crippen LogP contribution in [-0.2, 0) is 11.2 Å². The minimum absolute atomic E-state index is 0.0117.